The maximum Gasteiger partial charge on any atom is 0.247 e. The van der Waals surface area contributed by atoms with Crippen molar-refractivity contribution < 1.29 is 19.5 Å². The zero-order valence-electron chi connectivity index (χ0n) is 25.2. The first-order valence-corrected chi connectivity index (χ1v) is 16.0. The summed E-state index contributed by atoms with van der Waals surface area (Å²) in [7, 11) is 0. The van der Waals surface area contributed by atoms with E-state index >= 15 is 0 Å². The molecule has 1 aromatic carbocycles. The van der Waals surface area contributed by atoms with Crippen LogP contribution in [0.3, 0.4) is 0 Å². The molecule has 0 saturated carbocycles. The highest BCUT2D eigenvalue weighted by atomic mass is 32.2. The molecule has 0 radical (unpaired) electrons. The molecule has 1 N–H and O–H groups in total. The summed E-state index contributed by atoms with van der Waals surface area (Å²) < 4.78 is -0.747. The summed E-state index contributed by atoms with van der Waals surface area (Å²) in [6.07, 6.45) is 5.98. The van der Waals surface area contributed by atoms with Crippen molar-refractivity contribution in [2.45, 2.75) is 82.0 Å². The highest BCUT2D eigenvalue weighted by molar-refractivity contribution is 8.02. The number of amides is 3. The fourth-order valence-corrected chi connectivity index (χ4v) is 9.99. The molecule has 4 rings (SSSR count). The number of nitrogens with zero attached hydrogens (tertiary/aromatic N) is 3. The van der Waals surface area contributed by atoms with Crippen LogP contribution >= 0.6 is 11.8 Å². The molecule has 7 nitrogen and oxygen atoms in total. The SMILES string of the molecule is C=CCN(C(=O)[C@@H]1[C@@H]2CC(C)C3(S2)C(C(=O)N(CC=C)C(C)CCC)N([C@@H](CO)C(C)C)C(=O)[C@H]13)c1ccccc1. The molecule has 8 heteroatoms. The normalized spacial score (nSPS) is 29.8. The minimum absolute atomic E-state index is 0.0259. The molecule has 1 spiro atoms. The van der Waals surface area contributed by atoms with E-state index in [1.807, 2.05) is 49.1 Å². The summed E-state index contributed by atoms with van der Waals surface area (Å²) in [5.41, 5.74) is 0.767. The molecule has 3 amide bonds. The Hall–Kier alpha value is -2.58. The zero-order chi connectivity index (χ0) is 30.1. The average molecular weight is 582 g/mol. The molecule has 3 heterocycles. The second-order valence-electron chi connectivity index (χ2n) is 12.3. The predicted molar refractivity (Wildman–Crippen MR) is 166 cm³/mol. The molecule has 3 saturated heterocycles. The number of aliphatic hydroxyl groups is 1. The molecule has 41 heavy (non-hydrogen) atoms. The van der Waals surface area contributed by atoms with E-state index in [0.717, 1.165) is 24.9 Å². The standard InChI is InChI=1S/C33H47N3O4S/c1-8-14-23(7)34(17-9-2)32(40)29-33-22(6)19-26(41-33)27(28(33)31(39)36(29)25(20-37)21(4)5)30(38)35(18-10-3)24-15-12-11-13-16-24/h9-13,15-16,21-23,25-29,37H,2-3,8,14,17-20H2,1,4-7H3/t22?,23?,25-,26-,27+,28-,29?,33?/m0/s1. The van der Waals surface area contributed by atoms with Gasteiger partial charge in [0.1, 0.15) is 6.04 Å². The smallest absolute Gasteiger partial charge is 0.247 e. The Balaban J connectivity index is 1.85. The van der Waals surface area contributed by atoms with Gasteiger partial charge in [0.15, 0.2) is 0 Å². The third-order valence-electron chi connectivity index (χ3n) is 9.51. The lowest BCUT2D eigenvalue weighted by atomic mass is 9.65. The largest absolute Gasteiger partial charge is 0.394 e. The van der Waals surface area contributed by atoms with Crippen LogP contribution in [0.1, 0.15) is 53.9 Å². The molecule has 0 aromatic heterocycles. The second-order valence-corrected chi connectivity index (χ2v) is 13.8. The van der Waals surface area contributed by atoms with Crippen LogP contribution in [0.25, 0.3) is 0 Å². The topological polar surface area (TPSA) is 81.2 Å². The Labute approximate surface area is 250 Å². The Morgan fingerprint density at radius 3 is 2.37 bits per heavy atom. The summed E-state index contributed by atoms with van der Waals surface area (Å²) >= 11 is 1.68. The summed E-state index contributed by atoms with van der Waals surface area (Å²) in [6, 6.07) is 8.20. The van der Waals surface area contributed by atoms with E-state index in [0.29, 0.717) is 13.1 Å². The van der Waals surface area contributed by atoms with Gasteiger partial charge in [0, 0.05) is 30.1 Å². The molecule has 3 aliphatic heterocycles. The van der Waals surface area contributed by atoms with E-state index in [-0.39, 0.29) is 47.5 Å². The summed E-state index contributed by atoms with van der Waals surface area (Å²) in [6.45, 7) is 18.5. The number of rotatable bonds is 13. The van der Waals surface area contributed by atoms with Crippen LogP contribution in [0.4, 0.5) is 5.69 Å². The van der Waals surface area contributed by atoms with Gasteiger partial charge in [-0.15, -0.1) is 24.9 Å². The highest BCUT2D eigenvalue weighted by Crippen LogP contribution is 2.69. The highest BCUT2D eigenvalue weighted by Gasteiger charge is 2.77. The van der Waals surface area contributed by atoms with E-state index in [1.54, 1.807) is 33.7 Å². The number of anilines is 1. The van der Waals surface area contributed by atoms with E-state index in [2.05, 4.69) is 33.9 Å². The van der Waals surface area contributed by atoms with Gasteiger partial charge in [-0.1, -0.05) is 64.5 Å². The van der Waals surface area contributed by atoms with Crippen molar-refractivity contribution >= 4 is 35.2 Å². The Bertz CT molecular complexity index is 1140. The summed E-state index contributed by atoms with van der Waals surface area (Å²) in [5.74, 6) is -1.58. The van der Waals surface area contributed by atoms with E-state index in [1.165, 1.54) is 0 Å². The molecule has 3 fully saturated rings. The Morgan fingerprint density at radius 2 is 1.80 bits per heavy atom. The van der Waals surface area contributed by atoms with Gasteiger partial charge in [0.05, 0.1) is 29.2 Å². The second kappa shape index (κ2) is 12.7. The number of fused-ring (bicyclic) bond motifs is 1. The number of para-hydroxylation sites is 1. The number of thioether (sulfide) groups is 1. The number of aliphatic hydroxyl groups excluding tert-OH is 1. The molecule has 0 aliphatic carbocycles. The van der Waals surface area contributed by atoms with Crippen LogP contribution in [0, 0.1) is 23.7 Å². The van der Waals surface area contributed by atoms with Gasteiger partial charge in [-0.05, 0) is 43.7 Å². The van der Waals surface area contributed by atoms with Crippen LogP contribution in [-0.4, -0.2) is 80.4 Å². The first kappa shape index (κ1) is 31.4. The van der Waals surface area contributed by atoms with Crippen LogP contribution in [0.5, 0.6) is 0 Å². The first-order valence-electron chi connectivity index (χ1n) is 15.1. The number of carbonyl (C=O) groups is 3. The molecule has 3 aliphatic rings. The lowest BCUT2D eigenvalue weighted by Crippen LogP contribution is -2.61. The van der Waals surface area contributed by atoms with Gasteiger partial charge in [0.2, 0.25) is 17.7 Å². The lowest BCUT2D eigenvalue weighted by molar-refractivity contribution is -0.147. The minimum Gasteiger partial charge on any atom is -0.394 e. The predicted octanol–water partition coefficient (Wildman–Crippen LogP) is 4.76. The van der Waals surface area contributed by atoms with Gasteiger partial charge in [-0.3, -0.25) is 14.4 Å². The monoisotopic (exact) mass is 581 g/mol. The molecular formula is C33H47N3O4S. The van der Waals surface area contributed by atoms with Crippen LogP contribution in [0.15, 0.2) is 55.6 Å². The third kappa shape index (κ3) is 5.16. The van der Waals surface area contributed by atoms with Crippen LogP contribution in [-0.2, 0) is 14.4 Å². The molecule has 8 atom stereocenters. The van der Waals surface area contributed by atoms with Crippen molar-refractivity contribution in [1.29, 1.82) is 0 Å². The molecule has 1 aromatic rings. The fraction of sp³-hybridized carbons (Fsp3) is 0.606. The molecular weight excluding hydrogens is 534 g/mol. The lowest BCUT2D eigenvalue weighted by Gasteiger charge is -2.44. The number of benzene rings is 1. The van der Waals surface area contributed by atoms with E-state index < -0.39 is 28.7 Å². The van der Waals surface area contributed by atoms with E-state index in [9.17, 15) is 19.5 Å². The number of likely N-dealkylation sites (tertiary alicyclic amines) is 1. The van der Waals surface area contributed by atoms with Crippen LogP contribution < -0.4 is 4.90 Å². The van der Waals surface area contributed by atoms with Gasteiger partial charge in [-0.25, -0.2) is 0 Å². The summed E-state index contributed by atoms with van der Waals surface area (Å²) in [5, 5.41) is 10.5. The van der Waals surface area contributed by atoms with Crippen molar-refractivity contribution in [3.8, 4) is 0 Å². The van der Waals surface area contributed by atoms with Crippen molar-refractivity contribution in [2.24, 2.45) is 23.7 Å². The van der Waals surface area contributed by atoms with Gasteiger partial charge in [0.25, 0.3) is 0 Å². The fourth-order valence-electron chi connectivity index (χ4n) is 7.59. The van der Waals surface area contributed by atoms with Crippen molar-refractivity contribution in [1.82, 2.24) is 9.80 Å². The zero-order valence-corrected chi connectivity index (χ0v) is 26.1. The third-order valence-corrected chi connectivity index (χ3v) is 11.6. The molecule has 224 valence electrons. The van der Waals surface area contributed by atoms with Crippen molar-refractivity contribution in [3.63, 3.8) is 0 Å². The Kier molecular flexibility index (Phi) is 9.74. The molecule has 4 unspecified atom stereocenters. The maximum absolute atomic E-state index is 14.7. The summed E-state index contributed by atoms with van der Waals surface area (Å²) in [4.78, 5) is 49.1. The Morgan fingerprint density at radius 1 is 1.15 bits per heavy atom. The van der Waals surface area contributed by atoms with E-state index in [4.69, 9.17) is 0 Å². The average Bonchev–Trinajstić information content (AvgIpc) is 3.54. The first-order chi connectivity index (χ1) is 19.6. The van der Waals surface area contributed by atoms with Gasteiger partial charge >= 0.3 is 0 Å². The molecule has 2 bridgehead atoms. The van der Waals surface area contributed by atoms with Gasteiger partial charge in [-0.2, -0.15) is 0 Å². The number of hydrogen-bond donors (Lipinski definition) is 1. The van der Waals surface area contributed by atoms with Crippen LogP contribution in [0.2, 0.25) is 0 Å². The van der Waals surface area contributed by atoms with Gasteiger partial charge < -0.3 is 19.8 Å². The van der Waals surface area contributed by atoms with Crippen molar-refractivity contribution in [2.75, 3.05) is 24.6 Å². The minimum atomic E-state index is -0.758. The number of carbonyl (C=O) groups excluding carboxylic acids is 3. The number of hydrogen-bond acceptors (Lipinski definition) is 5. The maximum atomic E-state index is 14.7. The van der Waals surface area contributed by atoms with Crippen molar-refractivity contribution in [3.05, 3.63) is 55.6 Å². The quantitative estimate of drug-likeness (QED) is 0.340.